The van der Waals surface area contributed by atoms with E-state index in [1.54, 1.807) is 32.6 Å². The van der Waals surface area contributed by atoms with E-state index in [1.807, 2.05) is 279 Å². The molecule has 9 aromatic carbocycles. The number of hydrogen-bond acceptors (Lipinski definition) is 13. The molecule has 121 heavy (non-hydrogen) atoms. The van der Waals surface area contributed by atoms with Crippen molar-refractivity contribution >= 4 is 81.9 Å². The Kier molecular flexibility index (Phi) is 29.3. The maximum Gasteiger partial charge on any atom is 0.407 e. The summed E-state index contributed by atoms with van der Waals surface area (Å²) in [5.41, 5.74) is 14.1. The van der Waals surface area contributed by atoms with Crippen molar-refractivity contribution in [3.8, 4) is 11.1 Å². The molecule has 10 amide bonds. The van der Waals surface area contributed by atoms with Crippen LogP contribution in [0.2, 0.25) is 0 Å². The van der Waals surface area contributed by atoms with Gasteiger partial charge in [0.15, 0.2) is 0 Å². The van der Waals surface area contributed by atoms with Crippen LogP contribution in [-0.4, -0.2) is 141 Å². The third-order valence-electron chi connectivity index (χ3n) is 22.0. The number of H-pyrrole nitrogens is 1. The second-order valence-corrected chi connectivity index (χ2v) is 32.1. The van der Waals surface area contributed by atoms with Gasteiger partial charge in [0.2, 0.25) is 53.2 Å². The number of aromatic nitrogens is 3. The van der Waals surface area contributed by atoms with Crippen molar-refractivity contribution in [2.24, 2.45) is 17.6 Å². The second kappa shape index (κ2) is 40.8. The van der Waals surface area contributed by atoms with Gasteiger partial charge in [-0.3, -0.25) is 43.2 Å². The molecule has 24 nitrogen and oxygen atoms in total. The molecule has 12 rings (SSSR count). The number of alkyl carbamates (subject to hydrolysis) is 1. The Balaban J connectivity index is 0.771. The van der Waals surface area contributed by atoms with Crippen molar-refractivity contribution in [1.82, 2.24) is 62.4 Å². The van der Waals surface area contributed by atoms with Gasteiger partial charge in [0.25, 0.3) is 0 Å². The molecule has 0 aliphatic heterocycles. The Bertz CT molecular complexity index is 5170. The van der Waals surface area contributed by atoms with E-state index in [4.69, 9.17) is 15.5 Å². The summed E-state index contributed by atoms with van der Waals surface area (Å²) in [6.45, 7) is 7.66. The topological polar surface area (TPSA) is 348 Å². The molecule has 1 aliphatic rings. The van der Waals surface area contributed by atoms with E-state index in [0.717, 1.165) is 66.5 Å². The summed E-state index contributed by atoms with van der Waals surface area (Å²) < 4.78 is 7.98. The number of fused-ring (bicyclic) bond motifs is 4. The zero-order valence-corrected chi connectivity index (χ0v) is 69.3. The zero-order valence-electron chi connectivity index (χ0n) is 68.5. The molecule has 25 heteroatoms. The molecule has 0 unspecified atom stereocenters. The number of carbonyl (C=O) groups is 10. The predicted octanol–water partition coefficient (Wildman–Crippen LogP) is 10.8. The van der Waals surface area contributed by atoms with Gasteiger partial charge in [-0.05, 0) is 117 Å². The fourth-order valence-electron chi connectivity index (χ4n) is 15.9. The highest BCUT2D eigenvalue weighted by Crippen LogP contribution is 2.45. The van der Waals surface area contributed by atoms with Gasteiger partial charge in [0.05, 0.1) is 18.6 Å². The van der Waals surface area contributed by atoms with Gasteiger partial charge in [-0.1, -0.05) is 276 Å². The smallest absolute Gasteiger partial charge is 0.407 e. The van der Waals surface area contributed by atoms with Crippen LogP contribution < -0.4 is 53.6 Å². The lowest BCUT2D eigenvalue weighted by molar-refractivity contribution is -0.135. The minimum atomic E-state index is -1.51. The maximum atomic E-state index is 15.4. The normalized spacial score (nSPS) is 13.6. The highest BCUT2D eigenvalue weighted by atomic mass is 32.2. The second-order valence-electron chi connectivity index (χ2n) is 31.1. The molecule has 0 saturated heterocycles. The van der Waals surface area contributed by atoms with Crippen LogP contribution >= 0.6 is 11.8 Å². The lowest BCUT2D eigenvalue weighted by Crippen LogP contribution is -2.59. The first-order valence-electron chi connectivity index (χ1n) is 40.8. The van der Waals surface area contributed by atoms with Crippen LogP contribution in [0.4, 0.5) is 4.79 Å². The van der Waals surface area contributed by atoms with Crippen LogP contribution in [0.1, 0.15) is 122 Å². The third kappa shape index (κ3) is 21.0. The summed E-state index contributed by atoms with van der Waals surface area (Å²) in [5, 5.41) is 26.2. The Morgan fingerprint density at radius 1 is 0.488 bits per heavy atom. The van der Waals surface area contributed by atoms with Gasteiger partial charge in [0.1, 0.15) is 60.0 Å². The molecule has 0 saturated carbocycles. The molecule has 1 aliphatic carbocycles. The monoisotopic (exact) mass is 1650 g/mol. The van der Waals surface area contributed by atoms with Crippen molar-refractivity contribution in [3.63, 3.8) is 0 Å². The van der Waals surface area contributed by atoms with Gasteiger partial charge >= 0.3 is 6.09 Å². The summed E-state index contributed by atoms with van der Waals surface area (Å²) in [6.07, 6.45) is 5.45. The fourth-order valence-corrected chi connectivity index (χ4v) is 16.4. The first-order valence-corrected chi connectivity index (χ1v) is 42.2. The molecule has 7 atom stereocenters. The van der Waals surface area contributed by atoms with Crippen molar-refractivity contribution in [2.75, 3.05) is 25.2 Å². The fraction of sp³-hybridized carbons (Fsp3) is 0.281. The van der Waals surface area contributed by atoms with E-state index in [-0.39, 0.29) is 57.0 Å². The predicted molar refractivity (Wildman–Crippen MR) is 468 cm³/mol. The van der Waals surface area contributed by atoms with Crippen LogP contribution in [0, 0.1) is 11.8 Å². The first-order chi connectivity index (χ1) is 58.5. The molecule has 0 fully saturated rings. The first kappa shape index (κ1) is 86.9. The lowest BCUT2D eigenvalue weighted by atomic mass is 9.77. The Morgan fingerprint density at radius 3 is 1.49 bits per heavy atom. The van der Waals surface area contributed by atoms with E-state index in [2.05, 4.69) is 52.8 Å². The quantitative estimate of drug-likeness (QED) is 0.0160. The highest BCUT2D eigenvalue weighted by molar-refractivity contribution is 7.98. The number of aromatic amines is 1. The third-order valence-corrected chi connectivity index (χ3v) is 22.6. The highest BCUT2D eigenvalue weighted by Gasteiger charge is 2.42. The summed E-state index contributed by atoms with van der Waals surface area (Å²) in [7, 11) is 0. The standard InChI is InChI=1S/C96H103N13O11S/c1-61(2)53-81(91(116)103-79(87(97)112)51-52-121-6)104-92(117)83(55-71-58-109(60-100-71)96(68-37-19-10-20-38-68,69-39-21-11-22-40-69)70-41-23-12-24-42-70)102-85(111)57-99-93(118)86(62(3)4)107-88(113)63(5)101-90(115)82(54-64-56-98-78-48-30-29-43-72(64)78)105-89(114)80(106-94(119)120-59-77-75-46-27-25-44-73(75)74-45-26-28-47-76(74)77)49-50-84(110)108-95(65-31-13-7-14-32-65,66-33-15-8-16-34-66)67-35-17-9-18-36-67/h7-48,56,58,60-63,77,79-83,86,98H,49-55,57,59H2,1-6H3,(H2,97,112)(H,99,118)(H,101,115)(H,102,111)(H,103,116)(H,104,117)(H,105,114)(H,106,119)(H,107,113)(H,108,110)/t63-,79-,80-,81-,82-,83-,86-/m0/s1. The lowest BCUT2D eigenvalue weighted by Gasteiger charge is -2.37. The minimum Gasteiger partial charge on any atom is -0.449 e. The van der Waals surface area contributed by atoms with E-state index in [0.29, 0.717) is 17.0 Å². The number of rotatable bonds is 39. The maximum absolute atomic E-state index is 15.4. The zero-order chi connectivity index (χ0) is 85.6. The number of ether oxygens (including phenoxy) is 1. The van der Waals surface area contributed by atoms with Crippen molar-refractivity contribution < 1.29 is 52.7 Å². The Hall–Kier alpha value is -13.4. The number of benzene rings is 9. The molecule has 624 valence electrons. The van der Waals surface area contributed by atoms with Crippen LogP contribution in [0.5, 0.6) is 0 Å². The number of nitrogens with zero attached hydrogens (tertiary/aromatic N) is 2. The summed E-state index contributed by atoms with van der Waals surface area (Å²) in [4.78, 5) is 153. The van der Waals surface area contributed by atoms with Crippen molar-refractivity contribution in [3.05, 3.63) is 329 Å². The molecule has 12 N–H and O–H groups in total. The number of nitrogens with two attached hydrogens (primary N) is 1. The summed E-state index contributed by atoms with van der Waals surface area (Å²) >= 11 is 1.47. The van der Waals surface area contributed by atoms with Crippen LogP contribution in [0.25, 0.3) is 22.0 Å². The summed E-state index contributed by atoms with van der Waals surface area (Å²) in [5.74, 6) is -7.40. The van der Waals surface area contributed by atoms with E-state index < -0.39 is 125 Å². The molecule has 11 aromatic rings. The van der Waals surface area contributed by atoms with Crippen LogP contribution in [0.3, 0.4) is 0 Å². The number of para-hydroxylation sites is 1. The van der Waals surface area contributed by atoms with Crippen LogP contribution in [0.15, 0.2) is 274 Å². The average Bonchev–Trinajstić information content (AvgIpc) is 1.73. The molecular weight excluding hydrogens is 1540 g/mol. The number of amides is 10. The number of nitrogens with one attached hydrogen (secondary N) is 10. The van der Waals surface area contributed by atoms with Gasteiger partial charge in [0, 0.05) is 48.5 Å². The average molecular weight is 1650 g/mol. The number of primary amides is 1. The molecule has 0 radical (unpaired) electrons. The molecule has 0 spiro atoms. The Morgan fingerprint density at radius 2 is 0.959 bits per heavy atom. The van der Waals surface area contributed by atoms with Gasteiger partial charge in [-0.15, -0.1) is 0 Å². The van der Waals surface area contributed by atoms with Gasteiger partial charge in [-0.2, -0.15) is 11.8 Å². The molecular formula is C96H103N13O11S. The SMILES string of the molecule is CSCC[C@H](NC(=O)[C@H](CC(C)C)NC(=O)[C@H](Cc1cn(C(c2ccccc2)(c2ccccc2)c2ccccc2)cn1)NC(=O)CNC(=O)[C@@H](NC(=O)[C@H](C)NC(=O)[C@H](Cc1c[nH]c2ccccc12)NC(=O)[C@H](CCC(=O)NC(c1ccccc1)(c1ccccc1)c1ccccc1)NC(=O)OCC1c2ccccc2-c2ccccc21)C(C)C)C(N)=O. The van der Waals surface area contributed by atoms with Gasteiger partial charge < -0.3 is 67.9 Å². The number of hydrogen-bond donors (Lipinski definition) is 11. The van der Waals surface area contributed by atoms with Gasteiger partial charge in [-0.25, -0.2) is 9.78 Å². The van der Waals surface area contributed by atoms with Crippen molar-refractivity contribution in [2.45, 2.75) is 132 Å². The molecule has 0 bridgehead atoms. The van der Waals surface area contributed by atoms with Crippen LogP contribution in [-0.2, 0) is 71.8 Å². The van der Waals surface area contributed by atoms with E-state index >= 15 is 9.59 Å². The number of thioether (sulfide) groups is 1. The minimum absolute atomic E-state index is 0.105. The van der Waals surface area contributed by atoms with E-state index in [9.17, 15) is 38.4 Å². The Labute approximate surface area is 708 Å². The number of carbonyl (C=O) groups excluding carboxylic acids is 10. The largest absolute Gasteiger partial charge is 0.449 e. The molecule has 2 heterocycles. The summed E-state index contributed by atoms with van der Waals surface area (Å²) in [6, 6.07) is 71.8. The van der Waals surface area contributed by atoms with Crippen molar-refractivity contribution in [1.29, 1.82) is 0 Å². The van der Waals surface area contributed by atoms with E-state index in [1.165, 1.54) is 18.7 Å². The number of imidazole rings is 1. The molecule has 2 aromatic heterocycles.